The van der Waals surface area contributed by atoms with Crippen LogP contribution in [-0.2, 0) is 10.1 Å². The molecule has 0 fully saturated rings. The molecule has 0 amide bonds. The molecule has 0 spiro atoms. The predicted molar refractivity (Wildman–Crippen MR) is 102 cm³/mol. The van der Waals surface area contributed by atoms with Crippen molar-refractivity contribution >= 4 is 21.5 Å². The Balaban J connectivity index is 0.000000381. The lowest BCUT2D eigenvalue weighted by Crippen LogP contribution is -2.40. The van der Waals surface area contributed by atoms with Crippen LogP contribution in [0.25, 0.3) is 0 Å². The highest BCUT2D eigenvalue weighted by molar-refractivity contribution is 7.85. The molecule has 1 aliphatic heterocycles. The van der Waals surface area contributed by atoms with Gasteiger partial charge >= 0.3 is 0 Å². The standard InChI is InChI=1S/C10H15NO5S2.C6H15N/c1-11(2-3-18(12,13)14)4-8-5-15-9-6-17-7-10(9)16-8;1-4-7(5-2)6-3/h6-8H,2-5H2,1H3,(H,12,13,14);4-6H2,1-3H3. The zero-order valence-electron chi connectivity index (χ0n) is 15.5. The highest BCUT2D eigenvalue weighted by Crippen LogP contribution is 2.35. The van der Waals surface area contributed by atoms with E-state index >= 15 is 0 Å². The van der Waals surface area contributed by atoms with Crippen LogP contribution in [0.3, 0.4) is 0 Å². The van der Waals surface area contributed by atoms with E-state index in [1.807, 2.05) is 10.8 Å². The molecule has 146 valence electrons. The largest absolute Gasteiger partial charge is 0.485 e. The van der Waals surface area contributed by atoms with Gasteiger partial charge in [-0.3, -0.25) is 4.55 Å². The monoisotopic (exact) mass is 394 g/mol. The molecule has 0 aromatic carbocycles. The molecule has 1 N–H and O–H groups in total. The van der Waals surface area contributed by atoms with Crippen LogP contribution in [0.5, 0.6) is 11.5 Å². The van der Waals surface area contributed by atoms with Gasteiger partial charge in [-0.1, -0.05) is 20.8 Å². The quantitative estimate of drug-likeness (QED) is 0.676. The average Bonchev–Trinajstić information content (AvgIpc) is 3.02. The van der Waals surface area contributed by atoms with Crippen molar-refractivity contribution in [2.24, 2.45) is 0 Å². The Morgan fingerprint density at radius 2 is 1.80 bits per heavy atom. The lowest BCUT2D eigenvalue weighted by atomic mass is 10.3. The maximum absolute atomic E-state index is 10.6. The molecule has 1 aromatic rings. The second-order valence-corrected chi connectivity index (χ2v) is 8.13. The van der Waals surface area contributed by atoms with Gasteiger partial charge in [0.1, 0.15) is 12.7 Å². The summed E-state index contributed by atoms with van der Waals surface area (Å²) in [4.78, 5) is 4.17. The van der Waals surface area contributed by atoms with Gasteiger partial charge < -0.3 is 19.3 Å². The summed E-state index contributed by atoms with van der Waals surface area (Å²) in [7, 11) is -2.14. The number of fused-ring (bicyclic) bond motifs is 1. The summed E-state index contributed by atoms with van der Waals surface area (Å²) < 4.78 is 41.1. The van der Waals surface area contributed by atoms with E-state index in [2.05, 4.69) is 25.7 Å². The first-order valence-corrected chi connectivity index (χ1v) is 11.1. The fourth-order valence-corrected chi connectivity index (χ4v) is 3.55. The van der Waals surface area contributed by atoms with Crippen molar-refractivity contribution in [1.82, 2.24) is 9.80 Å². The number of hydrogen-bond acceptors (Lipinski definition) is 7. The van der Waals surface area contributed by atoms with Crippen LogP contribution in [0.4, 0.5) is 0 Å². The summed E-state index contributed by atoms with van der Waals surface area (Å²) in [6, 6.07) is 0. The maximum Gasteiger partial charge on any atom is 0.266 e. The summed E-state index contributed by atoms with van der Waals surface area (Å²) in [6.45, 7) is 11.4. The molecule has 0 saturated heterocycles. The van der Waals surface area contributed by atoms with E-state index in [1.54, 1.807) is 11.9 Å². The molecule has 25 heavy (non-hydrogen) atoms. The van der Waals surface area contributed by atoms with Gasteiger partial charge in [0.2, 0.25) is 0 Å². The lowest BCUT2D eigenvalue weighted by Gasteiger charge is -2.28. The number of hydrogen-bond donors (Lipinski definition) is 1. The fraction of sp³-hybridized carbons (Fsp3) is 0.750. The van der Waals surface area contributed by atoms with Gasteiger partial charge in [0, 0.05) is 23.8 Å². The van der Waals surface area contributed by atoms with Gasteiger partial charge in [0.15, 0.2) is 11.5 Å². The van der Waals surface area contributed by atoms with E-state index in [9.17, 15) is 8.42 Å². The lowest BCUT2D eigenvalue weighted by molar-refractivity contribution is 0.0679. The number of ether oxygens (including phenoxy) is 2. The first-order chi connectivity index (χ1) is 11.8. The zero-order chi connectivity index (χ0) is 18.9. The first kappa shape index (κ1) is 22.2. The third-order valence-corrected chi connectivity index (χ3v) is 5.30. The van der Waals surface area contributed by atoms with Crippen LogP contribution in [0.15, 0.2) is 10.8 Å². The predicted octanol–water partition coefficient (Wildman–Crippen LogP) is 2.06. The van der Waals surface area contributed by atoms with Crippen LogP contribution in [0.2, 0.25) is 0 Å². The van der Waals surface area contributed by atoms with E-state index < -0.39 is 10.1 Å². The molecule has 9 heteroatoms. The average molecular weight is 395 g/mol. The third kappa shape index (κ3) is 8.87. The zero-order valence-corrected chi connectivity index (χ0v) is 17.1. The van der Waals surface area contributed by atoms with Crippen molar-refractivity contribution in [2.45, 2.75) is 26.9 Å². The fourth-order valence-electron chi connectivity index (χ4n) is 2.33. The molecule has 1 unspecified atom stereocenters. The van der Waals surface area contributed by atoms with Gasteiger partial charge in [0.05, 0.1) is 5.75 Å². The van der Waals surface area contributed by atoms with Crippen LogP contribution < -0.4 is 9.47 Å². The molecule has 0 radical (unpaired) electrons. The van der Waals surface area contributed by atoms with E-state index in [0.717, 1.165) is 11.5 Å². The summed E-state index contributed by atoms with van der Waals surface area (Å²) >= 11 is 1.51. The minimum atomic E-state index is -3.91. The maximum atomic E-state index is 10.6. The normalized spacial score (nSPS) is 16.7. The van der Waals surface area contributed by atoms with Crippen LogP contribution in [0.1, 0.15) is 20.8 Å². The van der Waals surface area contributed by atoms with E-state index in [4.69, 9.17) is 14.0 Å². The summed E-state index contributed by atoms with van der Waals surface area (Å²) in [6.07, 6.45) is -0.126. The Morgan fingerprint density at radius 3 is 2.32 bits per heavy atom. The van der Waals surface area contributed by atoms with E-state index in [0.29, 0.717) is 13.2 Å². The molecular formula is C16H30N2O5S2. The number of thiophene rings is 1. The molecule has 0 bridgehead atoms. The van der Waals surface area contributed by atoms with Crippen LogP contribution >= 0.6 is 11.3 Å². The molecule has 0 saturated carbocycles. The van der Waals surface area contributed by atoms with Gasteiger partial charge in [-0.05, 0) is 26.7 Å². The van der Waals surface area contributed by atoms with Crippen molar-refractivity contribution in [3.05, 3.63) is 10.8 Å². The van der Waals surface area contributed by atoms with Crippen molar-refractivity contribution in [3.8, 4) is 11.5 Å². The number of nitrogens with zero attached hydrogens (tertiary/aromatic N) is 2. The highest BCUT2D eigenvalue weighted by atomic mass is 32.2. The highest BCUT2D eigenvalue weighted by Gasteiger charge is 2.23. The smallest absolute Gasteiger partial charge is 0.266 e. The van der Waals surface area contributed by atoms with Crippen molar-refractivity contribution < 1.29 is 22.4 Å². The van der Waals surface area contributed by atoms with Crippen molar-refractivity contribution in [1.29, 1.82) is 0 Å². The SMILES string of the molecule is CCN(CC)CC.CN(CCS(=O)(=O)O)CC1COc2cscc2O1. The topological polar surface area (TPSA) is 79.3 Å². The van der Waals surface area contributed by atoms with E-state index in [-0.39, 0.29) is 18.4 Å². The summed E-state index contributed by atoms with van der Waals surface area (Å²) in [5.74, 6) is 1.22. The van der Waals surface area contributed by atoms with Gasteiger partial charge in [-0.25, -0.2) is 0 Å². The summed E-state index contributed by atoms with van der Waals surface area (Å²) in [5.41, 5.74) is 0. The molecule has 2 heterocycles. The Hall–Kier alpha value is -0.870. The van der Waals surface area contributed by atoms with E-state index in [1.165, 1.54) is 31.0 Å². The second kappa shape index (κ2) is 11.0. The van der Waals surface area contributed by atoms with Crippen LogP contribution in [-0.4, -0.2) is 81.0 Å². The first-order valence-electron chi connectivity index (χ1n) is 8.50. The summed E-state index contributed by atoms with van der Waals surface area (Å²) in [5, 5.41) is 3.76. The van der Waals surface area contributed by atoms with Crippen LogP contribution in [0, 0.1) is 0 Å². The van der Waals surface area contributed by atoms with Gasteiger partial charge in [-0.2, -0.15) is 8.42 Å². The van der Waals surface area contributed by atoms with Gasteiger partial charge in [0.25, 0.3) is 10.1 Å². The Labute approximate surface area is 155 Å². The number of rotatable bonds is 8. The molecule has 2 rings (SSSR count). The molecule has 1 aliphatic rings. The Kier molecular flexibility index (Phi) is 9.73. The van der Waals surface area contributed by atoms with Gasteiger partial charge in [-0.15, -0.1) is 11.3 Å². The molecule has 1 aromatic heterocycles. The molecule has 1 atom stereocenters. The number of likely N-dealkylation sites (N-methyl/N-ethyl adjacent to an activating group) is 1. The molecular weight excluding hydrogens is 364 g/mol. The molecule has 7 nitrogen and oxygen atoms in total. The Bertz CT molecular complexity index is 582. The Morgan fingerprint density at radius 1 is 1.20 bits per heavy atom. The van der Waals surface area contributed by atoms with Crippen molar-refractivity contribution in [3.63, 3.8) is 0 Å². The van der Waals surface area contributed by atoms with Crippen molar-refractivity contribution in [2.75, 3.05) is 52.1 Å². The molecule has 0 aliphatic carbocycles. The third-order valence-electron chi connectivity index (χ3n) is 3.90. The minimum Gasteiger partial charge on any atom is -0.485 e. The second-order valence-electron chi connectivity index (χ2n) is 5.82. The minimum absolute atomic E-state index is 0.126.